The lowest BCUT2D eigenvalue weighted by Gasteiger charge is -1.92. The Kier molecular flexibility index (Phi) is 3.06. The molecule has 0 fully saturated rings. The average molecular weight is 117 g/mol. The van der Waals surface area contributed by atoms with Crippen LogP contribution < -0.4 is 11.1 Å². The molecule has 0 aromatic rings. The zero-order chi connectivity index (χ0) is 4.99. The highest BCUT2D eigenvalue weighted by Crippen LogP contribution is 1.48. The maximum absolute atomic E-state index is 4.99. The summed E-state index contributed by atoms with van der Waals surface area (Å²) in [6, 6.07) is 0. The van der Waals surface area contributed by atoms with Crippen LogP contribution in [-0.2, 0) is 0 Å². The van der Waals surface area contributed by atoms with E-state index in [-0.39, 0.29) is 0 Å². The molecule has 0 aromatic carbocycles. The average Bonchev–Trinajstić information content (AvgIpc) is 1.35. The van der Waals surface area contributed by atoms with Crippen molar-refractivity contribution in [3.05, 3.63) is 0 Å². The van der Waals surface area contributed by atoms with Crippen LogP contribution in [0.25, 0.3) is 0 Å². The summed E-state index contributed by atoms with van der Waals surface area (Å²) >= 11 is 4.43. The SMILES string of the molecule is NC(=S)NC[Si]. The number of hydrogen-bond donors (Lipinski definition) is 2. The zero-order valence-electron chi connectivity index (χ0n) is 3.19. The fraction of sp³-hybridized carbons (Fsp3) is 0.500. The number of nitrogens with two attached hydrogens (primary N) is 1. The highest BCUT2D eigenvalue weighted by molar-refractivity contribution is 7.80. The van der Waals surface area contributed by atoms with Gasteiger partial charge in [0.2, 0.25) is 0 Å². The van der Waals surface area contributed by atoms with Gasteiger partial charge in [0.05, 0.1) is 10.2 Å². The quantitative estimate of drug-likeness (QED) is 0.340. The lowest BCUT2D eigenvalue weighted by atomic mass is 11.1. The second-order valence-corrected chi connectivity index (χ2v) is 1.51. The van der Waals surface area contributed by atoms with Crippen LogP contribution >= 0.6 is 12.2 Å². The summed E-state index contributed by atoms with van der Waals surface area (Å²) in [5.41, 5.74) is 4.99. The Morgan fingerprint density at radius 2 is 2.50 bits per heavy atom. The molecule has 4 heteroatoms. The normalized spacial score (nSPS) is 7.50. The summed E-state index contributed by atoms with van der Waals surface area (Å²) in [5.74, 6) is 0. The van der Waals surface area contributed by atoms with Gasteiger partial charge in [0.25, 0.3) is 0 Å². The highest BCUT2D eigenvalue weighted by atomic mass is 32.1. The largest absolute Gasteiger partial charge is 0.376 e. The molecule has 0 aromatic heterocycles. The van der Waals surface area contributed by atoms with Gasteiger partial charge in [0.1, 0.15) is 0 Å². The van der Waals surface area contributed by atoms with Crippen LogP contribution in [0.2, 0.25) is 0 Å². The zero-order valence-corrected chi connectivity index (χ0v) is 5.01. The Labute approximate surface area is 45.5 Å². The first kappa shape index (κ1) is 5.91. The van der Waals surface area contributed by atoms with Crippen LogP contribution in [0.4, 0.5) is 0 Å². The topological polar surface area (TPSA) is 38.0 Å². The standard InChI is InChI=1S/C2H5N2SSi/c3-2(5)4-1-6/h1H2,(H3,3,4,5). The fourth-order valence-electron chi connectivity index (χ4n) is 0.0871. The minimum absolute atomic E-state index is 0.324. The summed E-state index contributed by atoms with van der Waals surface area (Å²) in [6.45, 7) is 0. The van der Waals surface area contributed by atoms with E-state index in [9.17, 15) is 0 Å². The highest BCUT2D eigenvalue weighted by Gasteiger charge is 1.74. The van der Waals surface area contributed by atoms with Crippen molar-refractivity contribution in [2.24, 2.45) is 5.73 Å². The molecule has 0 aliphatic rings. The van der Waals surface area contributed by atoms with Gasteiger partial charge in [0, 0.05) is 6.17 Å². The molecule has 6 heavy (non-hydrogen) atoms. The summed E-state index contributed by atoms with van der Waals surface area (Å²) in [5, 5.41) is 2.96. The molecule has 0 bridgehead atoms. The van der Waals surface area contributed by atoms with Crippen LogP contribution in [0.5, 0.6) is 0 Å². The predicted molar refractivity (Wildman–Crippen MR) is 30.5 cm³/mol. The number of rotatable bonds is 1. The Bertz CT molecular complexity index is 55.5. The third-order valence-corrected chi connectivity index (χ3v) is 0.584. The summed E-state index contributed by atoms with van der Waals surface area (Å²) < 4.78 is 0. The molecule has 0 saturated heterocycles. The molecule has 3 N–H and O–H groups in total. The van der Waals surface area contributed by atoms with Crippen LogP contribution in [-0.4, -0.2) is 21.5 Å². The molecule has 0 aliphatic carbocycles. The smallest absolute Gasteiger partial charge is 0.163 e. The van der Waals surface area contributed by atoms with Crippen molar-refractivity contribution >= 4 is 27.6 Å². The van der Waals surface area contributed by atoms with Gasteiger partial charge < -0.3 is 11.1 Å². The minimum Gasteiger partial charge on any atom is -0.376 e. The molecule has 3 radical (unpaired) electrons. The van der Waals surface area contributed by atoms with Crippen molar-refractivity contribution in [3.63, 3.8) is 0 Å². The van der Waals surface area contributed by atoms with Crippen LogP contribution in [0, 0.1) is 0 Å². The second kappa shape index (κ2) is 3.11. The number of thiocarbonyl (C=S) groups is 1. The fourth-order valence-corrected chi connectivity index (χ4v) is 0.478. The lowest BCUT2D eigenvalue weighted by molar-refractivity contribution is 1.12. The van der Waals surface area contributed by atoms with E-state index in [1.54, 1.807) is 0 Å². The third-order valence-electron chi connectivity index (χ3n) is 0.263. The summed E-state index contributed by atoms with van der Waals surface area (Å²) in [6.07, 6.45) is 0.620. The van der Waals surface area contributed by atoms with Gasteiger partial charge in [-0.05, 0) is 12.2 Å². The first-order chi connectivity index (χ1) is 2.77. The van der Waals surface area contributed by atoms with Gasteiger partial charge in [0.15, 0.2) is 5.11 Å². The molecule has 0 saturated carbocycles. The molecule has 0 heterocycles. The molecule has 0 unspecified atom stereocenters. The monoisotopic (exact) mass is 117 g/mol. The van der Waals surface area contributed by atoms with Crippen LogP contribution in [0.1, 0.15) is 0 Å². The van der Waals surface area contributed by atoms with Crippen molar-refractivity contribution in [1.82, 2.24) is 5.32 Å². The maximum atomic E-state index is 4.99. The lowest BCUT2D eigenvalue weighted by Crippen LogP contribution is -2.29. The predicted octanol–water partition coefficient (Wildman–Crippen LogP) is -1.05. The number of hydrogen-bond acceptors (Lipinski definition) is 1. The molecule has 0 amide bonds. The van der Waals surface area contributed by atoms with Gasteiger partial charge in [-0.2, -0.15) is 0 Å². The van der Waals surface area contributed by atoms with E-state index in [2.05, 4.69) is 27.8 Å². The molecular weight excluding hydrogens is 112 g/mol. The van der Waals surface area contributed by atoms with Gasteiger partial charge >= 0.3 is 0 Å². The molecule has 0 spiro atoms. The molecule has 2 nitrogen and oxygen atoms in total. The van der Waals surface area contributed by atoms with Crippen LogP contribution in [0.3, 0.4) is 0 Å². The van der Waals surface area contributed by atoms with E-state index in [1.807, 2.05) is 0 Å². The van der Waals surface area contributed by atoms with Crippen molar-refractivity contribution < 1.29 is 0 Å². The van der Waals surface area contributed by atoms with E-state index >= 15 is 0 Å². The van der Waals surface area contributed by atoms with E-state index in [0.717, 1.165) is 0 Å². The number of nitrogens with one attached hydrogen (secondary N) is 1. The summed E-state index contributed by atoms with van der Waals surface area (Å²) in [4.78, 5) is 0. The second-order valence-electron chi connectivity index (χ2n) is 0.718. The molecule has 0 rings (SSSR count). The van der Waals surface area contributed by atoms with Crippen molar-refractivity contribution in [3.8, 4) is 0 Å². The van der Waals surface area contributed by atoms with E-state index in [1.165, 1.54) is 0 Å². The van der Waals surface area contributed by atoms with Gasteiger partial charge in [-0.25, -0.2) is 0 Å². The van der Waals surface area contributed by atoms with E-state index in [4.69, 9.17) is 5.73 Å². The molecular formula is C2H5N2SSi. The van der Waals surface area contributed by atoms with Crippen LogP contribution in [0.15, 0.2) is 0 Å². The Balaban J connectivity index is 2.83. The van der Waals surface area contributed by atoms with E-state index in [0.29, 0.717) is 11.3 Å². The van der Waals surface area contributed by atoms with Gasteiger partial charge in [-0.3, -0.25) is 0 Å². The Morgan fingerprint density at radius 3 is 2.50 bits per heavy atom. The maximum Gasteiger partial charge on any atom is 0.163 e. The Hall–Kier alpha value is -0.0931. The summed E-state index contributed by atoms with van der Waals surface area (Å²) in [7, 11) is 3.11. The molecule has 33 valence electrons. The van der Waals surface area contributed by atoms with Crippen molar-refractivity contribution in [1.29, 1.82) is 0 Å². The minimum atomic E-state index is 0.324. The molecule has 0 aliphatic heterocycles. The Morgan fingerprint density at radius 1 is 2.00 bits per heavy atom. The van der Waals surface area contributed by atoms with Gasteiger partial charge in [-0.15, -0.1) is 0 Å². The van der Waals surface area contributed by atoms with Gasteiger partial charge in [-0.1, -0.05) is 0 Å². The third kappa shape index (κ3) is 3.91. The van der Waals surface area contributed by atoms with Crippen molar-refractivity contribution in [2.75, 3.05) is 6.17 Å². The van der Waals surface area contributed by atoms with Crippen molar-refractivity contribution in [2.45, 2.75) is 0 Å². The molecule has 0 atom stereocenters. The van der Waals surface area contributed by atoms with E-state index < -0.39 is 0 Å². The first-order valence-corrected chi connectivity index (χ1v) is 2.57. The first-order valence-electron chi connectivity index (χ1n) is 1.45.